The first-order valence-electron chi connectivity index (χ1n) is 6.54. The van der Waals surface area contributed by atoms with Crippen LogP contribution in [-0.2, 0) is 0 Å². The number of carboxylic acid groups (broad SMARTS) is 1. The average Bonchev–Trinajstić information content (AvgIpc) is 3.12. The van der Waals surface area contributed by atoms with Crippen LogP contribution in [0.4, 0.5) is 5.82 Å². The van der Waals surface area contributed by atoms with Crippen molar-refractivity contribution in [2.75, 3.05) is 18.4 Å². The number of nitrogens with one attached hydrogen (secondary N) is 1. The van der Waals surface area contributed by atoms with Crippen LogP contribution in [0.3, 0.4) is 0 Å². The maximum absolute atomic E-state index is 11.0. The van der Waals surface area contributed by atoms with Gasteiger partial charge in [0.25, 0.3) is 0 Å². The highest BCUT2D eigenvalue weighted by Crippen LogP contribution is 2.30. The number of hydrogen-bond acceptors (Lipinski definition) is 4. The summed E-state index contributed by atoms with van der Waals surface area (Å²) in [5.74, 6) is -0.510. The van der Waals surface area contributed by atoms with E-state index in [4.69, 9.17) is 16.7 Å². The summed E-state index contributed by atoms with van der Waals surface area (Å²) in [6, 6.07) is 4.43. The smallest absolute Gasteiger partial charge is 0.356 e. The maximum Gasteiger partial charge on any atom is 0.356 e. The molecule has 0 radical (unpaired) electrons. The molecule has 6 heteroatoms. The Morgan fingerprint density at radius 3 is 2.89 bits per heavy atom. The lowest BCUT2D eigenvalue weighted by atomic mass is 10.2. The number of carboxylic acids is 1. The lowest BCUT2D eigenvalue weighted by Gasteiger charge is -2.16. The van der Waals surface area contributed by atoms with Gasteiger partial charge in [0, 0.05) is 25.2 Å². The molecule has 2 aliphatic rings. The second kappa shape index (κ2) is 4.98. The molecule has 1 atom stereocenters. The van der Waals surface area contributed by atoms with Crippen LogP contribution in [0, 0.1) is 0 Å². The van der Waals surface area contributed by atoms with Crippen LogP contribution in [0.15, 0.2) is 12.1 Å². The number of nitrogens with zero attached hydrogens (tertiary/aromatic N) is 2. The lowest BCUT2D eigenvalue weighted by Crippen LogP contribution is -2.28. The van der Waals surface area contributed by atoms with Gasteiger partial charge in [-0.3, -0.25) is 4.90 Å². The van der Waals surface area contributed by atoms with E-state index in [1.54, 1.807) is 12.1 Å². The van der Waals surface area contributed by atoms with Crippen molar-refractivity contribution in [1.29, 1.82) is 0 Å². The van der Waals surface area contributed by atoms with Gasteiger partial charge < -0.3 is 10.4 Å². The number of aromatic carboxylic acids is 1. The molecule has 1 unspecified atom stereocenters. The van der Waals surface area contributed by atoms with E-state index in [2.05, 4.69) is 15.2 Å². The number of pyridine rings is 1. The van der Waals surface area contributed by atoms with E-state index in [1.807, 2.05) is 0 Å². The van der Waals surface area contributed by atoms with Crippen molar-refractivity contribution in [2.45, 2.75) is 31.3 Å². The highest BCUT2D eigenvalue weighted by Gasteiger charge is 2.34. The maximum atomic E-state index is 11.0. The molecule has 19 heavy (non-hydrogen) atoms. The third-order valence-corrected chi connectivity index (χ3v) is 3.99. The van der Waals surface area contributed by atoms with Crippen LogP contribution in [0.2, 0.25) is 5.02 Å². The second-order valence-corrected chi connectivity index (χ2v) is 5.60. The molecule has 0 spiro atoms. The average molecular weight is 282 g/mol. The van der Waals surface area contributed by atoms with Crippen molar-refractivity contribution < 1.29 is 9.90 Å². The topological polar surface area (TPSA) is 65.5 Å². The second-order valence-electron chi connectivity index (χ2n) is 5.19. The molecule has 5 nitrogen and oxygen atoms in total. The third-order valence-electron chi connectivity index (χ3n) is 3.68. The van der Waals surface area contributed by atoms with Gasteiger partial charge in [0.1, 0.15) is 5.82 Å². The molecule has 1 aliphatic carbocycles. The van der Waals surface area contributed by atoms with E-state index in [9.17, 15) is 4.79 Å². The SMILES string of the molecule is O=C(O)c1nc(NC2CCN(C3CC3)C2)ccc1Cl. The number of rotatable bonds is 4. The summed E-state index contributed by atoms with van der Waals surface area (Å²) in [6.45, 7) is 2.12. The zero-order valence-electron chi connectivity index (χ0n) is 10.5. The van der Waals surface area contributed by atoms with Gasteiger partial charge in [0.15, 0.2) is 5.69 Å². The van der Waals surface area contributed by atoms with E-state index in [0.29, 0.717) is 11.9 Å². The lowest BCUT2D eigenvalue weighted by molar-refractivity contribution is 0.0691. The molecule has 1 saturated carbocycles. The molecule has 1 aromatic heterocycles. The minimum atomic E-state index is -1.10. The van der Waals surface area contributed by atoms with Crippen LogP contribution in [0.25, 0.3) is 0 Å². The van der Waals surface area contributed by atoms with Crippen LogP contribution in [0.5, 0.6) is 0 Å². The van der Waals surface area contributed by atoms with Gasteiger partial charge >= 0.3 is 5.97 Å². The fourth-order valence-corrected chi connectivity index (χ4v) is 2.74. The number of likely N-dealkylation sites (tertiary alicyclic amines) is 1. The zero-order chi connectivity index (χ0) is 13.4. The molecular weight excluding hydrogens is 266 g/mol. The Bertz CT molecular complexity index is 505. The largest absolute Gasteiger partial charge is 0.476 e. The van der Waals surface area contributed by atoms with Gasteiger partial charge in [-0.15, -0.1) is 0 Å². The standard InChI is InChI=1S/C13H16ClN3O2/c14-10-3-4-11(16-12(10)13(18)19)15-8-5-6-17(7-8)9-1-2-9/h3-4,8-9H,1-2,5-7H2,(H,15,16)(H,18,19). The number of hydrogen-bond donors (Lipinski definition) is 2. The van der Waals surface area contributed by atoms with E-state index in [-0.39, 0.29) is 10.7 Å². The molecular formula is C13H16ClN3O2. The van der Waals surface area contributed by atoms with Gasteiger partial charge in [0.05, 0.1) is 5.02 Å². The highest BCUT2D eigenvalue weighted by atomic mass is 35.5. The molecule has 0 bridgehead atoms. The summed E-state index contributed by atoms with van der Waals surface area (Å²) < 4.78 is 0. The predicted molar refractivity (Wildman–Crippen MR) is 72.8 cm³/mol. The summed E-state index contributed by atoms with van der Waals surface area (Å²) in [5.41, 5.74) is -0.0938. The van der Waals surface area contributed by atoms with Gasteiger partial charge in [-0.25, -0.2) is 9.78 Å². The van der Waals surface area contributed by atoms with Crippen molar-refractivity contribution >= 4 is 23.4 Å². The number of halogens is 1. The van der Waals surface area contributed by atoms with Gasteiger partial charge in [-0.05, 0) is 31.4 Å². The fraction of sp³-hybridized carbons (Fsp3) is 0.538. The summed E-state index contributed by atoms with van der Waals surface area (Å²) in [4.78, 5) is 17.5. The first-order valence-corrected chi connectivity index (χ1v) is 6.91. The summed E-state index contributed by atoms with van der Waals surface area (Å²) in [7, 11) is 0. The van der Waals surface area contributed by atoms with Gasteiger partial charge in [-0.2, -0.15) is 0 Å². The van der Waals surface area contributed by atoms with Gasteiger partial charge in [0.2, 0.25) is 0 Å². The molecule has 2 fully saturated rings. The van der Waals surface area contributed by atoms with E-state index >= 15 is 0 Å². The highest BCUT2D eigenvalue weighted by molar-refractivity contribution is 6.33. The molecule has 3 rings (SSSR count). The van der Waals surface area contributed by atoms with Crippen molar-refractivity contribution in [3.8, 4) is 0 Å². The number of aromatic nitrogens is 1. The quantitative estimate of drug-likeness (QED) is 0.885. The van der Waals surface area contributed by atoms with Crippen molar-refractivity contribution in [3.05, 3.63) is 22.8 Å². The first-order chi connectivity index (χ1) is 9.13. The van der Waals surface area contributed by atoms with Crippen molar-refractivity contribution in [2.24, 2.45) is 0 Å². The van der Waals surface area contributed by atoms with E-state index < -0.39 is 5.97 Å². The minimum Gasteiger partial charge on any atom is -0.476 e. The Labute approximate surface area is 116 Å². The minimum absolute atomic E-state index is 0.0938. The van der Waals surface area contributed by atoms with E-state index in [1.165, 1.54) is 12.8 Å². The zero-order valence-corrected chi connectivity index (χ0v) is 11.2. The van der Waals surface area contributed by atoms with Crippen LogP contribution >= 0.6 is 11.6 Å². The molecule has 1 saturated heterocycles. The Morgan fingerprint density at radius 2 is 2.21 bits per heavy atom. The molecule has 1 aromatic rings. The third kappa shape index (κ3) is 2.82. The molecule has 0 aromatic carbocycles. The van der Waals surface area contributed by atoms with Crippen molar-refractivity contribution in [3.63, 3.8) is 0 Å². The Kier molecular flexibility index (Phi) is 3.33. The Balaban J connectivity index is 1.66. The van der Waals surface area contributed by atoms with E-state index in [0.717, 1.165) is 25.6 Å². The molecule has 2 N–H and O–H groups in total. The van der Waals surface area contributed by atoms with Crippen molar-refractivity contribution in [1.82, 2.24) is 9.88 Å². The summed E-state index contributed by atoms with van der Waals surface area (Å²) in [5, 5.41) is 12.5. The van der Waals surface area contributed by atoms with Crippen LogP contribution in [-0.4, -0.2) is 46.1 Å². The first kappa shape index (κ1) is 12.7. The number of carbonyl (C=O) groups is 1. The predicted octanol–water partition coefficient (Wildman–Crippen LogP) is 2.08. The molecule has 0 amide bonds. The monoisotopic (exact) mass is 281 g/mol. The van der Waals surface area contributed by atoms with Crippen LogP contribution < -0.4 is 5.32 Å². The summed E-state index contributed by atoms with van der Waals surface area (Å²) in [6.07, 6.45) is 3.70. The molecule has 102 valence electrons. The fourth-order valence-electron chi connectivity index (χ4n) is 2.56. The summed E-state index contributed by atoms with van der Waals surface area (Å²) >= 11 is 5.80. The Hall–Kier alpha value is -1.33. The normalized spacial score (nSPS) is 23.5. The van der Waals surface area contributed by atoms with Gasteiger partial charge in [-0.1, -0.05) is 11.6 Å². The Morgan fingerprint density at radius 1 is 1.42 bits per heavy atom. The molecule has 2 heterocycles. The van der Waals surface area contributed by atoms with Crippen LogP contribution in [0.1, 0.15) is 29.8 Å². The molecule has 1 aliphatic heterocycles. The number of anilines is 1.